The van der Waals surface area contributed by atoms with Crippen LogP contribution in [0, 0.1) is 0 Å². The summed E-state index contributed by atoms with van der Waals surface area (Å²) >= 11 is 0. The maximum absolute atomic E-state index is 12.0. The number of aromatic amines is 1. The van der Waals surface area contributed by atoms with Crippen LogP contribution < -0.4 is 10.8 Å². The third-order valence-electron chi connectivity index (χ3n) is 3.37. The van der Waals surface area contributed by atoms with Crippen LogP contribution in [0.4, 0.5) is 5.69 Å². The number of aromatic hydroxyl groups is 1. The Balaban J connectivity index is 1.98. The lowest BCUT2D eigenvalue weighted by Gasteiger charge is -2.04. The normalized spacial score (nSPS) is 11.0. The summed E-state index contributed by atoms with van der Waals surface area (Å²) in [7, 11) is 0. The second-order valence-corrected chi connectivity index (χ2v) is 4.93. The topological polar surface area (TPSA) is 111 Å². The Kier molecular flexibility index (Phi) is 3.98. The maximum atomic E-state index is 12.0. The van der Waals surface area contributed by atoms with E-state index in [4.69, 9.17) is 0 Å². The van der Waals surface area contributed by atoms with Crippen molar-refractivity contribution < 1.29 is 15.0 Å². The minimum absolute atomic E-state index is 0.0413. The summed E-state index contributed by atoms with van der Waals surface area (Å²) in [4.78, 5) is 29.2. The Labute approximate surface area is 136 Å². The third kappa shape index (κ3) is 2.95. The number of carbonyl (C=O) groups excluding carboxylic acids is 1. The monoisotopic (exact) mass is 322 g/mol. The third-order valence-corrected chi connectivity index (χ3v) is 3.37. The Morgan fingerprint density at radius 2 is 1.79 bits per heavy atom. The number of rotatable bonds is 4. The van der Waals surface area contributed by atoms with Crippen LogP contribution in [0.15, 0.2) is 64.4 Å². The Morgan fingerprint density at radius 3 is 2.42 bits per heavy atom. The molecule has 2 aromatic carbocycles. The zero-order chi connectivity index (χ0) is 17.1. The summed E-state index contributed by atoms with van der Waals surface area (Å²) in [5, 5.41) is 20.6. The van der Waals surface area contributed by atoms with Crippen LogP contribution in [0.5, 0.6) is 5.88 Å². The number of hydrogen-bond donors (Lipinski definition) is 2. The number of hydrogen-bond acceptors (Lipinski definition) is 5. The molecule has 0 radical (unpaired) electrons. The number of aromatic nitrogens is 2. The van der Waals surface area contributed by atoms with Gasteiger partial charge in [-0.3, -0.25) is 14.5 Å². The highest BCUT2D eigenvalue weighted by Crippen LogP contribution is 2.17. The first-order valence-corrected chi connectivity index (χ1v) is 7.01. The van der Waals surface area contributed by atoms with Crippen LogP contribution in [0.3, 0.4) is 0 Å². The molecule has 0 bridgehead atoms. The number of para-hydroxylation sites is 1. The fourth-order valence-corrected chi connectivity index (χ4v) is 2.21. The fraction of sp³-hybridized carbons (Fsp3) is 0. The van der Waals surface area contributed by atoms with Crippen LogP contribution in [0.1, 0.15) is 16.1 Å². The minimum Gasteiger partial charge on any atom is -0.545 e. The number of carboxylic acid groups (broad SMARTS) is 1. The number of imidazole rings is 1. The number of aromatic carboxylic acids is 1. The van der Waals surface area contributed by atoms with Gasteiger partial charge in [-0.2, -0.15) is 0 Å². The molecule has 0 unspecified atom stereocenters. The molecule has 0 spiro atoms. The van der Waals surface area contributed by atoms with Crippen LogP contribution in [-0.2, 0) is 0 Å². The van der Waals surface area contributed by atoms with Crippen molar-refractivity contribution in [2.75, 3.05) is 0 Å². The summed E-state index contributed by atoms with van der Waals surface area (Å²) in [6.07, 6.45) is 1.33. The molecule has 1 heterocycles. The van der Waals surface area contributed by atoms with Gasteiger partial charge in [0.15, 0.2) is 0 Å². The predicted octanol–water partition coefficient (Wildman–Crippen LogP) is 0.985. The first kappa shape index (κ1) is 15.3. The molecule has 3 aromatic rings. The SMILES string of the molecule is O=C([O-])c1ccc(N=Cc2c(O)[nH]c(=O)n2-c2ccccc2)cc1. The van der Waals surface area contributed by atoms with Gasteiger partial charge in [0.2, 0.25) is 5.88 Å². The molecule has 0 amide bonds. The number of benzene rings is 2. The second kappa shape index (κ2) is 6.25. The van der Waals surface area contributed by atoms with Gasteiger partial charge in [-0.15, -0.1) is 0 Å². The molecular formula is C17H12N3O4-. The van der Waals surface area contributed by atoms with E-state index in [1.807, 2.05) is 6.07 Å². The first-order valence-electron chi connectivity index (χ1n) is 7.01. The van der Waals surface area contributed by atoms with E-state index in [-0.39, 0.29) is 17.1 Å². The summed E-state index contributed by atoms with van der Waals surface area (Å²) in [6.45, 7) is 0. The smallest absolute Gasteiger partial charge is 0.333 e. The number of nitrogens with one attached hydrogen (secondary N) is 1. The summed E-state index contributed by atoms with van der Waals surface area (Å²) < 4.78 is 1.29. The molecule has 7 nitrogen and oxygen atoms in total. The molecule has 0 aliphatic rings. The molecule has 1 aromatic heterocycles. The molecule has 120 valence electrons. The fourth-order valence-electron chi connectivity index (χ4n) is 2.21. The van der Waals surface area contributed by atoms with Crippen LogP contribution >= 0.6 is 0 Å². The molecule has 24 heavy (non-hydrogen) atoms. The Morgan fingerprint density at radius 1 is 1.12 bits per heavy atom. The van der Waals surface area contributed by atoms with Crippen molar-refractivity contribution in [3.8, 4) is 11.6 Å². The van der Waals surface area contributed by atoms with E-state index in [1.165, 1.54) is 35.0 Å². The predicted molar refractivity (Wildman–Crippen MR) is 86.1 cm³/mol. The number of carbonyl (C=O) groups is 1. The van der Waals surface area contributed by atoms with Crippen molar-refractivity contribution in [3.05, 3.63) is 76.3 Å². The van der Waals surface area contributed by atoms with Crippen molar-refractivity contribution >= 4 is 17.9 Å². The maximum Gasteiger partial charge on any atom is 0.333 e. The molecule has 2 N–H and O–H groups in total. The lowest BCUT2D eigenvalue weighted by atomic mass is 10.2. The highest BCUT2D eigenvalue weighted by atomic mass is 16.4. The summed E-state index contributed by atoms with van der Waals surface area (Å²) in [6, 6.07) is 14.5. The van der Waals surface area contributed by atoms with Gasteiger partial charge in [0.1, 0.15) is 5.69 Å². The molecule has 3 rings (SSSR count). The zero-order valence-electron chi connectivity index (χ0n) is 12.3. The second-order valence-electron chi connectivity index (χ2n) is 4.93. The van der Waals surface area contributed by atoms with Crippen LogP contribution in [0.2, 0.25) is 0 Å². The van der Waals surface area contributed by atoms with Crippen molar-refractivity contribution in [1.82, 2.24) is 9.55 Å². The van der Waals surface area contributed by atoms with E-state index in [0.717, 1.165) is 0 Å². The van der Waals surface area contributed by atoms with Crippen molar-refractivity contribution in [2.45, 2.75) is 0 Å². The Bertz CT molecular complexity index is 954. The van der Waals surface area contributed by atoms with Gasteiger partial charge in [-0.1, -0.05) is 30.3 Å². The van der Waals surface area contributed by atoms with E-state index < -0.39 is 11.7 Å². The molecule has 0 saturated carbocycles. The highest BCUT2D eigenvalue weighted by Gasteiger charge is 2.12. The van der Waals surface area contributed by atoms with Crippen molar-refractivity contribution in [1.29, 1.82) is 0 Å². The van der Waals surface area contributed by atoms with Crippen LogP contribution in [-0.4, -0.2) is 26.8 Å². The zero-order valence-corrected chi connectivity index (χ0v) is 12.3. The van der Waals surface area contributed by atoms with Crippen molar-refractivity contribution in [3.63, 3.8) is 0 Å². The summed E-state index contributed by atoms with van der Waals surface area (Å²) in [5.74, 6) is -1.58. The van der Waals surface area contributed by atoms with Gasteiger partial charge in [0.25, 0.3) is 0 Å². The Hall–Kier alpha value is -3.61. The van der Waals surface area contributed by atoms with Crippen molar-refractivity contribution in [2.24, 2.45) is 4.99 Å². The largest absolute Gasteiger partial charge is 0.545 e. The average Bonchev–Trinajstić information content (AvgIpc) is 2.87. The van der Waals surface area contributed by atoms with Gasteiger partial charge in [-0.05, 0) is 29.8 Å². The number of nitrogens with zero attached hydrogens (tertiary/aromatic N) is 2. The average molecular weight is 322 g/mol. The lowest BCUT2D eigenvalue weighted by molar-refractivity contribution is -0.255. The molecule has 0 fully saturated rings. The van der Waals surface area contributed by atoms with E-state index in [1.54, 1.807) is 24.3 Å². The van der Waals surface area contributed by atoms with E-state index >= 15 is 0 Å². The van der Waals surface area contributed by atoms with Gasteiger partial charge in [0.05, 0.1) is 23.6 Å². The van der Waals surface area contributed by atoms with E-state index in [0.29, 0.717) is 11.4 Å². The molecule has 0 aliphatic carbocycles. The highest BCUT2D eigenvalue weighted by molar-refractivity contribution is 5.87. The molecule has 7 heteroatoms. The minimum atomic E-state index is -1.27. The molecular weight excluding hydrogens is 310 g/mol. The van der Waals surface area contributed by atoms with Gasteiger partial charge in [0, 0.05) is 0 Å². The number of H-pyrrole nitrogens is 1. The van der Waals surface area contributed by atoms with Gasteiger partial charge in [-0.25, -0.2) is 4.79 Å². The standard InChI is InChI=1S/C17H13N3O4/c21-15-14(10-18-12-8-6-11(7-9-12)16(22)23)20(17(24)19-15)13-4-2-1-3-5-13/h1-10,21H,(H,19,24)(H,22,23)/p-1. The van der Waals surface area contributed by atoms with Crippen LogP contribution in [0.25, 0.3) is 5.69 Å². The molecule has 0 atom stereocenters. The van der Waals surface area contributed by atoms with Gasteiger partial charge >= 0.3 is 5.69 Å². The first-order chi connectivity index (χ1) is 11.6. The van der Waals surface area contributed by atoms with Gasteiger partial charge < -0.3 is 15.0 Å². The number of carboxylic acids is 1. The molecule has 0 aliphatic heterocycles. The number of aliphatic imine (C=N–C) groups is 1. The quantitative estimate of drug-likeness (QED) is 0.698. The summed E-state index contributed by atoms with van der Waals surface area (Å²) in [5.41, 5.74) is 0.780. The molecule has 0 saturated heterocycles. The van der Waals surface area contributed by atoms with E-state index in [9.17, 15) is 19.8 Å². The van der Waals surface area contributed by atoms with E-state index in [2.05, 4.69) is 9.98 Å². The lowest BCUT2D eigenvalue weighted by Crippen LogP contribution is -2.21.